The third kappa shape index (κ3) is 6.92. The molecule has 1 heterocycles. The predicted octanol–water partition coefficient (Wildman–Crippen LogP) is 0.318. The molecular weight excluding hydrogens is 234 g/mol. The minimum Gasteiger partial charge on any atom is -0.353 e. The molecule has 11 heavy (non-hydrogen) atoms. The summed E-state index contributed by atoms with van der Waals surface area (Å²) in [6, 6.07) is 0. The number of aromatic nitrogens is 3. The molecule has 0 aliphatic heterocycles. The molecule has 0 N–H and O–H groups in total. The van der Waals surface area contributed by atoms with Gasteiger partial charge in [-0.15, -0.1) is 9.24 Å². The second kappa shape index (κ2) is 8.64. The largest absolute Gasteiger partial charge is 0.353 e. The van der Waals surface area contributed by atoms with Crippen LogP contribution in [0.4, 0.5) is 0 Å². The van der Waals surface area contributed by atoms with Crippen LogP contribution in [0.1, 0.15) is 12.7 Å². The topological polar surface area (TPSA) is 38.7 Å². The summed E-state index contributed by atoms with van der Waals surface area (Å²) < 4.78 is 0. The van der Waals surface area contributed by atoms with Gasteiger partial charge in [-0.1, -0.05) is 6.92 Å². The maximum Gasteiger partial charge on any atom is 0.0340 e. The fourth-order valence-corrected chi connectivity index (χ4v) is 0.609. The van der Waals surface area contributed by atoms with Gasteiger partial charge in [0, 0.05) is 50.4 Å². The van der Waals surface area contributed by atoms with Crippen molar-refractivity contribution in [3.05, 3.63) is 19.1 Å². The molecule has 5 heteroatoms. The molecule has 0 aliphatic rings. The van der Waals surface area contributed by atoms with Crippen LogP contribution in [-0.2, 0) is 32.7 Å². The SMILES string of the molecule is Cc1n[c-]nc(P)n1.[CH2-]C.[Y]. The van der Waals surface area contributed by atoms with E-state index in [-0.39, 0.29) is 32.7 Å². The third-order valence-corrected chi connectivity index (χ3v) is 0.911. The van der Waals surface area contributed by atoms with Gasteiger partial charge in [-0.25, -0.2) is 0 Å². The first-order valence-corrected chi connectivity index (χ1v) is 3.41. The second-order valence-corrected chi connectivity index (χ2v) is 1.86. The van der Waals surface area contributed by atoms with Crippen LogP contribution < -0.4 is 5.57 Å². The second-order valence-electron chi connectivity index (χ2n) is 1.34. The van der Waals surface area contributed by atoms with E-state index in [1.807, 2.05) is 0 Å². The maximum atomic E-state index is 3.88. The zero-order valence-electron chi connectivity index (χ0n) is 6.70. The molecule has 0 spiro atoms. The van der Waals surface area contributed by atoms with Crippen molar-refractivity contribution in [3.8, 4) is 0 Å². The molecule has 1 atom stereocenters. The smallest absolute Gasteiger partial charge is 0.0340 e. The normalized spacial score (nSPS) is 7.27. The van der Waals surface area contributed by atoms with E-state index in [1.165, 1.54) is 0 Å². The summed E-state index contributed by atoms with van der Waals surface area (Å²) in [6.45, 7) is 6.80. The van der Waals surface area contributed by atoms with Crippen LogP contribution in [0.25, 0.3) is 0 Å². The van der Waals surface area contributed by atoms with E-state index < -0.39 is 0 Å². The summed E-state index contributed by atoms with van der Waals surface area (Å²) in [7, 11) is 2.37. The van der Waals surface area contributed by atoms with E-state index in [1.54, 1.807) is 13.8 Å². The molecular formula is C6H10N3PY-2. The van der Waals surface area contributed by atoms with Crippen molar-refractivity contribution >= 4 is 14.8 Å². The minimum atomic E-state index is 0. The monoisotopic (exact) mass is 244 g/mol. The minimum absolute atomic E-state index is 0. The zero-order valence-corrected chi connectivity index (χ0v) is 10.7. The molecule has 0 aromatic carbocycles. The van der Waals surface area contributed by atoms with Crippen LogP contribution in [-0.4, -0.2) is 15.0 Å². The number of hydrogen-bond donors (Lipinski definition) is 0. The first-order valence-electron chi connectivity index (χ1n) is 2.84. The summed E-state index contributed by atoms with van der Waals surface area (Å²) in [4.78, 5) is 11.2. The van der Waals surface area contributed by atoms with Crippen LogP contribution in [0.2, 0.25) is 0 Å². The molecule has 3 nitrogen and oxygen atoms in total. The summed E-state index contributed by atoms with van der Waals surface area (Å²) in [6.07, 6.45) is 2.45. The number of hydrogen-bond acceptors (Lipinski definition) is 3. The molecule has 1 radical (unpaired) electrons. The molecule has 1 aromatic rings. The van der Waals surface area contributed by atoms with Crippen LogP contribution in [0, 0.1) is 20.2 Å². The molecule has 1 aromatic heterocycles. The molecule has 0 fully saturated rings. The van der Waals surface area contributed by atoms with Crippen LogP contribution in [0.3, 0.4) is 0 Å². The van der Waals surface area contributed by atoms with Gasteiger partial charge in [0.2, 0.25) is 0 Å². The van der Waals surface area contributed by atoms with Gasteiger partial charge in [-0.3, -0.25) is 0 Å². The molecule has 1 rings (SSSR count). The van der Waals surface area contributed by atoms with E-state index >= 15 is 0 Å². The van der Waals surface area contributed by atoms with Crippen molar-refractivity contribution < 1.29 is 32.7 Å². The van der Waals surface area contributed by atoms with Crippen LogP contribution in [0.5, 0.6) is 0 Å². The fraction of sp³-hybridized carbons (Fsp3) is 0.333. The van der Waals surface area contributed by atoms with E-state index in [9.17, 15) is 0 Å². The van der Waals surface area contributed by atoms with E-state index in [2.05, 4.69) is 37.4 Å². The molecule has 1 unspecified atom stereocenters. The summed E-state index contributed by atoms with van der Waals surface area (Å²) in [5, 5.41) is 0. The number of nitrogens with zero attached hydrogens (tertiary/aromatic N) is 3. The first-order chi connectivity index (χ1) is 4.79. The van der Waals surface area contributed by atoms with E-state index in [0.717, 1.165) is 0 Å². The predicted molar refractivity (Wildman–Crippen MR) is 43.8 cm³/mol. The van der Waals surface area contributed by atoms with Gasteiger partial charge < -0.3 is 21.9 Å². The molecule has 0 saturated heterocycles. The van der Waals surface area contributed by atoms with Gasteiger partial charge in [-0.2, -0.15) is 6.92 Å². The van der Waals surface area contributed by atoms with Crippen molar-refractivity contribution in [1.29, 1.82) is 0 Å². The van der Waals surface area contributed by atoms with Gasteiger partial charge in [0.1, 0.15) is 0 Å². The standard InChI is InChI=1S/C4H5N3P.C2H5.Y/c1-3-5-2-6-4(8)7-3;1-2;/h8H2,1H3;1H2,2H3;/q2*-1;. The Kier molecular flexibility index (Phi) is 11.1. The van der Waals surface area contributed by atoms with E-state index in [4.69, 9.17) is 0 Å². The molecule has 59 valence electrons. The maximum absolute atomic E-state index is 3.88. The Hall–Kier alpha value is 0.544. The Bertz CT molecular complexity index is 178. The van der Waals surface area contributed by atoms with Crippen LogP contribution >= 0.6 is 9.24 Å². The van der Waals surface area contributed by atoms with Crippen molar-refractivity contribution in [2.45, 2.75) is 13.8 Å². The third-order valence-electron chi connectivity index (χ3n) is 0.653. The van der Waals surface area contributed by atoms with Crippen LogP contribution in [0.15, 0.2) is 0 Å². The summed E-state index contributed by atoms with van der Waals surface area (Å²) in [5.41, 5.74) is 0.637. The van der Waals surface area contributed by atoms with Gasteiger partial charge >= 0.3 is 0 Å². The van der Waals surface area contributed by atoms with Crippen molar-refractivity contribution in [2.75, 3.05) is 0 Å². The van der Waals surface area contributed by atoms with Crippen molar-refractivity contribution in [1.82, 2.24) is 15.0 Å². The van der Waals surface area contributed by atoms with Crippen molar-refractivity contribution in [2.24, 2.45) is 0 Å². The number of rotatable bonds is 0. The average Bonchev–Trinajstić information content (AvgIpc) is 1.91. The average molecular weight is 244 g/mol. The molecule has 0 aliphatic carbocycles. The first kappa shape index (κ1) is 14.1. The van der Waals surface area contributed by atoms with Gasteiger partial charge in [-0.05, 0) is 0 Å². The Morgan fingerprint density at radius 1 is 1.36 bits per heavy atom. The summed E-state index contributed by atoms with van der Waals surface area (Å²) in [5.74, 6) is 0.699. The van der Waals surface area contributed by atoms with Gasteiger partial charge in [0.25, 0.3) is 0 Å². The Morgan fingerprint density at radius 2 is 1.91 bits per heavy atom. The Morgan fingerprint density at radius 3 is 2.18 bits per heavy atom. The van der Waals surface area contributed by atoms with Crippen molar-refractivity contribution in [3.63, 3.8) is 0 Å². The quantitative estimate of drug-likeness (QED) is 0.487. The molecule has 0 saturated carbocycles. The van der Waals surface area contributed by atoms with Gasteiger partial charge in [0.05, 0.1) is 0 Å². The number of aryl methyl sites for hydroxylation is 1. The van der Waals surface area contributed by atoms with E-state index in [0.29, 0.717) is 11.4 Å². The van der Waals surface area contributed by atoms with Gasteiger partial charge in [0.15, 0.2) is 0 Å². The summed E-state index contributed by atoms with van der Waals surface area (Å²) >= 11 is 0. The molecule has 0 bridgehead atoms. The Balaban J connectivity index is 0. The zero-order chi connectivity index (χ0) is 7.98. The fourth-order valence-electron chi connectivity index (χ4n) is 0.364. The Labute approximate surface area is 94.9 Å². The molecule has 0 amide bonds.